The van der Waals surface area contributed by atoms with Crippen LogP contribution < -0.4 is 4.74 Å². The Bertz CT molecular complexity index is 718. The standard InChI is InChI=1S/C19H21NO5/c1-19(2)24-15-12-9-6-10-20-13(14(12)23-18(15)25-19)16(17(20)21)22-11-7-4-3-5-8-11/h3-9,12-16,18H,10H2,1-2H3/t12-,13+,14-,15+,16-,18+/m0/s1. The molecule has 0 aromatic heterocycles. The zero-order valence-electron chi connectivity index (χ0n) is 14.2. The number of fused-ring (bicyclic) bond motifs is 5. The fraction of sp³-hybridized carbons (Fsp3) is 0.526. The van der Waals surface area contributed by atoms with Crippen molar-refractivity contribution in [3.63, 3.8) is 0 Å². The number of amides is 1. The fourth-order valence-corrected chi connectivity index (χ4v) is 4.28. The molecule has 0 unspecified atom stereocenters. The van der Waals surface area contributed by atoms with Crippen LogP contribution in [0.5, 0.6) is 5.75 Å². The largest absolute Gasteiger partial charge is 0.478 e. The molecule has 1 amide bonds. The van der Waals surface area contributed by atoms with Crippen LogP contribution in [0.2, 0.25) is 0 Å². The second-order valence-electron chi connectivity index (χ2n) is 7.41. The molecule has 4 heterocycles. The van der Waals surface area contributed by atoms with Gasteiger partial charge in [-0.1, -0.05) is 30.4 Å². The van der Waals surface area contributed by atoms with Crippen molar-refractivity contribution in [3.05, 3.63) is 42.5 Å². The van der Waals surface area contributed by atoms with Crippen LogP contribution in [0.15, 0.2) is 42.5 Å². The summed E-state index contributed by atoms with van der Waals surface area (Å²) in [5.41, 5.74) is 0. The van der Waals surface area contributed by atoms with Crippen molar-refractivity contribution < 1.29 is 23.7 Å². The van der Waals surface area contributed by atoms with Crippen molar-refractivity contribution in [2.75, 3.05) is 6.54 Å². The summed E-state index contributed by atoms with van der Waals surface area (Å²) >= 11 is 0. The number of carbonyl (C=O) groups is 1. The number of ether oxygens (including phenoxy) is 4. The Labute approximate surface area is 146 Å². The monoisotopic (exact) mass is 343 g/mol. The van der Waals surface area contributed by atoms with Crippen molar-refractivity contribution >= 4 is 5.91 Å². The van der Waals surface area contributed by atoms with Gasteiger partial charge in [0.2, 0.25) is 0 Å². The molecule has 6 nitrogen and oxygen atoms in total. The molecule has 0 bridgehead atoms. The first-order valence-electron chi connectivity index (χ1n) is 8.73. The van der Waals surface area contributed by atoms with Crippen molar-refractivity contribution in [2.45, 2.75) is 50.3 Å². The molecule has 3 fully saturated rings. The molecule has 4 aliphatic rings. The lowest BCUT2D eigenvalue weighted by Gasteiger charge is -2.48. The number of hydrogen-bond acceptors (Lipinski definition) is 5. The third-order valence-corrected chi connectivity index (χ3v) is 5.34. The molecular weight excluding hydrogens is 322 g/mol. The van der Waals surface area contributed by atoms with Gasteiger partial charge in [-0.25, -0.2) is 0 Å². The SMILES string of the molecule is CC1(C)O[C@H]2O[C@H]3[C@H](C=CCN4C(=O)[C@@H](Oc5ccccc5)[C@@H]34)[C@H]2O1. The Morgan fingerprint density at radius 1 is 1.16 bits per heavy atom. The average molecular weight is 343 g/mol. The molecule has 6 heteroatoms. The molecule has 132 valence electrons. The quantitative estimate of drug-likeness (QED) is 0.604. The van der Waals surface area contributed by atoms with E-state index in [0.717, 1.165) is 0 Å². The summed E-state index contributed by atoms with van der Waals surface area (Å²) in [4.78, 5) is 14.4. The van der Waals surface area contributed by atoms with Gasteiger partial charge in [-0.2, -0.15) is 0 Å². The Hall–Kier alpha value is -1.89. The number of carbonyl (C=O) groups excluding carboxylic acids is 1. The molecule has 1 aromatic carbocycles. The maximum absolute atomic E-state index is 12.5. The smallest absolute Gasteiger partial charge is 0.266 e. The van der Waals surface area contributed by atoms with E-state index in [1.807, 2.05) is 55.2 Å². The lowest BCUT2D eigenvalue weighted by atomic mass is 9.85. The summed E-state index contributed by atoms with van der Waals surface area (Å²) in [5.74, 6) is 0.106. The van der Waals surface area contributed by atoms with E-state index in [1.54, 1.807) is 0 Å². The number of para-hydroxylation sites is 1. The van der Waals surface area contributed by atoms with Crippen LogP contribution in [0.4, 0.5) is 0 Å². The van der Waals surface area contributed by atoms with E-state index < -0.39 is 18.2 Å². The van der Waals surface area contributed by atoms with E-state index in [4.69, 9.17) is 18.9 Å². The molecule has 0 N–H and O–H groups in total. The molecule has 0 radical (unpaired) electrons. The van der Waals surface area contributed by atoms with Gasteiger partial charge >= 0.3 is 0 Å². The minimum Gasteiger partial charge on any atom is -0.478 e. The molecule has 5 rings (SSSR count). The zero-order valence-corrected chi connectivity index (χ0v) is 14.2. The van der Waals surface area contributed by atoms with Gasteiger partial charge in [0.05, 0.1) is 6.10 Å². The first-order chi connectivity index (χ1) is 12.0. The highest BCUT2D eigenvalue weighted by atomic mass is 16.8. The van der Waals surface area contributed by atoms with Gasteiger partial charge in [0.15, 0.2) is 18.2 Å². The summed E-state index contributed by atoms with van der Waals surface area (Å²) in [5, 5.41) is 0. The van der Waals surface area contributed by atoms with Gasteiger partial charge in [-0.05, 0) is 26.0 Å². The van der Waals surface area contributed by atoms with Gasteiger partial charge in [0.1, 0.15) is 17.9 Å². The summed E-state index contributed by atoms with van der Waals surface area (Å²) < 4.78 is 24.1. The minimum absolute atomic E-state index is 0.00183. The van der Waals surface area contributed by atoms with Gasteiger partial charge in [-0.15, -0.1) is 0 Å². The predicted molar refractivity (Wildman–Crippen MR) is 87.7 cm³/mol. The van der Waals surface area contributed by atoms with Gasteiger partial charge in [-0.3, -0.25) is 4.79 Å². The summed E-state index contributed by atoms with van der Waals surface area (Å²) in [6.07, 6.45) is 2.87. The maximum atomic E-state index is 12.5. The summed E-state index contributed by atoms with van der Waals surface area (Å²) in [7, 11) is 0. The Kier molecular flexibility index (Phi) is 3.26. The van der Waals surface area contributed by atoms with E-state index in [2.05, 4.69) is 6.08 Å². The number of β-lactam (4-membered cyclic amide) rings is 1. The third-order valence-electron chi connectivity index (χ3n) is 5.34. The third kappa shape index (κ3) is 2.32. The highest BCUT2D eigenvalue weighted by molar-refractivity contribution is 5.89. The van der Waals surface area contributed by atoms with Crippen LogP contribution in [0.3, 0.4) is 0 Å². The molecule has 0 spiro atoms. The molecular formula is C19H21NO5. The van der Waals surface area contributed by atoms with E-state index in [0.29, 0.717) is 12.3 Å². The molecule has 0 aliphatic carbocycles. The first-order valence-corrected chi connectivity index (χ1v) is 8.73. The number of hydrogen-bond donors (Lipinski definition) is 0. The van der Waals surface area contributed by atoms with Crippen LogP contribution in [0.25, 0.3) is 0 Å². The number of rotatable bonds is 2. The van der Waals surface area contributed by atoms with Gasteiger partial charge < -0.3 is 23.8 Å². The summed E-state index contributed by atoms with van der Waals surface area (Å²) in [6, 6.07) is 9.31. The molecule has 25 heavy (non-hydrogen) atoms. The first kappa shape index (κ1) is 15.4. The van der Waals surface area contributed by atoms with E-state index in [9.17, 15) is 4.79 Å². The lowest BCUT2D eigenvalue weighted by molar-refractivity contribution is -0.225. The summed E-state index contributed by atoms with van der Waals surface area (Å²) in [6.45, 7) is 4.37. The second kappa shape index (κ2) is 5.30. The highest BCUT2D eigenvalue weighted by Gasteiger charge is 2.63. The van der Waals surface area contributed by atoms with Crippen molar-refractivity contribution in [1.82, 2.24) is 4.90 Å². The predicted octanol–water partition coefficient (Wildman–Crippen LogP) is 1.71. The van der Waals surface area contributed by atoms with Crippen LogP contribution in [0.1, 0.15) is 13.8 Å². The van der Waals surface area contributed by atoms with Crippen LogP contribution >= 0.6 is 0 Å². The van der Waals surface area contributed by atoms with E-state index in [1.165, 1.54) is 0 Å². The van der Waals surface area contributed by atoms with Crippen molar-refractivity contribution in [1.29, 1.82) is 0 Å². The van der Waals surface area contributed by atoms with Gasteiger partial charge in [0.25, 0.3) is 5.91 Å². The molecule has 0 saturated carbocycles. The molecule has 6 atom stereocenters. The van der Waals surface area contributed by atoms with Gasteiger partial charge in [0, 0.05) is 12.5 Å². The zero-order chi connectivity index (χ0) is 17.2. The minimum atomic E-state index is -0.643. The number of nitrogens with zero attached hydrogens (tertiary/aromatic N) is 1. The van der Waals surface area contributed by atoms with Crippen molar-refractivity contribution in [2.24, 2.45) is 5.92 Å². The number of benzene rings is 1. The Balaban J connectivity index is 1.40. The van der Waals surface area contributed by atoms with Crippen LogP contribution in [0, 0.1) is 5.92 Å². The normalized spacial score (nSPS) is 40.7. The van der Waals surface area contributed by atoms with E-state index in [-0.39, 0.29) is 30.1 Å². The Morgan fingerprint density at radius 2 is 1.96 bits per heavy atom. The topological polar surface area (TPSA) is 57.2 Å². The fourth-order valence-electron chi connectivity index (χ4n) is 4.28. The van der Waals surface area contributed by atoms with Crippen LogP contribution in [-0.4, -0.2) is 53.8 Å². The Morgan fingerprint density at radius 3 is 2.76 bits per heavy atom. The molecule has 4 aliphatic heterocycles. The van der Waals surface area contributed by atoms with E-state index >= 15 is 0 Å². The van der Waals surface area contributed by atoms with Crippen molar-refractivity contribution in [3.8, 4) is 5.75 Å². The molecule has 1 aromatic rings. The average Bonchev–Trinajstić information content (AvgIpc) is 2.98. The second-order valence-corrected chi connectivity index (χ2v) is 7.41. The van der Waals surface area contributed by atoms with Crippen LogP contribution in [-0.2, 0) is 19.0 Å². The lowest BCUT2D eigenvalue weighted by Crippen LogP contribution is -2.71. The maximum Gasteiger partial charge on any atom is 0.266 e. The molecule has 3 saturated heterocycles. The highest BCUT2D eigenvalue weighted by Crippen LogP contribution is 2.46.